The fourth-order valence-corrected chi connectivity index (χ4v) is 2.04. The van der Waals surface area contributed by atoms with Gasteiger partial charge in [0.25, 0.3) is 0 Å². The molecule has 0 aromatic heterocycles. The molecule has 0 aliphatic rings. The molecule has 1 radical (unpaired) electrons. The zero-order chi connectivity index (χ0) is 9.40. The second kappa shape index (κ2) is 7.64. The molecule has 0 spiro atoms. The van der Waals surface area contributed by atoms with Crippen LogP contribution in [0.5, 0.6) is 0 Å². The van der Waals surface area contributed by atoms with Gasteiger partial charge in [-0.3, -0.25) is 0 Å². The summed E-state index contributed by atoms with van der Waals surface area (Å²) in [5.41, 5.74) is 0. The highest BCUT2D eigenvalue weighted by Crippen LogP contribution is 2.25. The highest BCUT2D eigenvalue weighted by atomic mass is 14.2. The maximum Gasteiger partial charge on any atom is -0.0389 e. The van der Waals surface area contributed by atoms with Crippen molar-refractivity contribution in [1.82, 2.24) is 0 Å². The van der Waals surface area contributed by atoms with Crippen LogP contribution in [-0.4, -0.2) is 0 Å². The largest absolute Gasteiger partial charge is 0.0654 e. The summed E-state index contributed by atoms with van der Waals surface area (Å²) >= 11 is 0. The van der Waals surface area contributed by atoms with Crippen LogP contribution < -0.4 is 0 Å². The molecule has 12 heavy (non-hydrogen) atoms. The Morgan fingerprint density at radius 3 is 2.00 bits per heavy atom. The van der Waals surface area contributed by atoms with Crippen molar-refractivity contribution in [3.05, 3.63) is 6.92 Å². The molecule has 0 rings (SSSR count). The van der Waals surface area contributed by atoms with Gasteiger partial charge in [-0.1, -0.05) is 66.2 Å². The molecule has 0 heterocycles. The molecule has 0 saturated carbocycles. The van der Waals surface area contributed by atoms with Gasteiger partial charge in [-0.05, 0) is 11.8 Å². The van der Waals surface area contributed by atoms with Crippen molar-refractivity contribution < 1.29 is 0 Å². The summed E-state index contributed by atoms with van der Waals surface area (Å²) in [6, 6.07) is 0. The maximum absolute atomic E-state index is 3.95. The summed E-state index contributed by atoms with van der Waals surface area (Å²) in [7, 11) is 0. The van der Waals surface area contributed by atoms with Crippen LogP contribution in [0.4, 0.5) is 0 Å². The van der Waals surface area contributed by atoms with Crippen molar-refractivity contribution in [1.29, 1.82) is 0 Å². The third kappa shape index (κ3) is 4.79. The first kappa shape index (κ1) is 12.0. The summed E-state index contributed by atoms with van der Waals surface area (Å²) in [5.74, 6) is 1.85. The smallest absolute Gasteiger partial charge is 0.0389 e. The van der Waals surface area contributed by atoms with Crippen molar-refractivity contribution in [3.8, 4) is 0 Å². The Hall–Kier alpha value is 0. The minimum atomic E-state index is 0.914. The predicted octanol–water partition coefficient (Wildman–Crippen LogP) is 4.45. The predicted molar refractivity (Wildman–Crippen MR) is 57.1 cm³/mol. The summed E-state index contributed by atoms with van der Waals surface area (Å²) in [4.78, 5) is 0. The van der Waals surface area contributed by atoms with E-state index in [1.165, 1.54) is 32.1 Å². The first-order valence-electron chi connectivity index (χ1n) is 5.55. The molecule has 0 aromatic rings. The molecule has 2 atom stereocenters. The van der Waals surface area contributed by atoms with Crippen molar-refractivity contribution in [2.75, 3.05) is 0 Å². The molecule has 2 unspecified atom stereocenters. The normalized spacial score (nSPS) is 13.8. The SMILES string of the molecule is [CH2]CCC(CCC)C(C)CCC. The first-order valence-corrected chi connectivity index (χ1v) is 5.55. The Balaban J connectivity index is 3.72. The Bertz CT molecular complexity index is 80.0. The Morgan fingerprint density at radius 2 is 1.58 bits per heavy atom. The fraction of sp³-hybridized carbons (Fsp3) is 0.917. The molecule has 73 valence electrons. The summed E-state index contributed by atoms with van der Waals surface area (Å²) < 4.78 is 0. The minimum absolute atomic E-state index is 0.914. The monoisotopic (exact) mass is 169 g/mol. The van der Waals surface area contributed by atoms with Gasteiger partial charge in [-0.15, -0.1) is 0 Å². The number of rotatable bonds is 7. The molecule has 0 nitrogen and oxygen atoms in total. The summed E-state index contributed by atoms with van der Waals surface area (Å²) in [6.45, 7) is 10.9. The van der Waals surface area contributed by atoms with E-state index in [-0.39, 0.29) is 0 Å². The zero-order valence-corrected chi connectivity index (χ0v) is 9.10. The molecule has 0 saturated heterocycles. The van der Waals surface area contributed by atoms with E-state index in [0.717, 1.165) is 18.3 Å². The lowest BCUT2D eigenvalue weighted by atomic mass is 9.84. The number of hydrogen-bond donors (Lipinski definition) is 0. The molecule has 0 aliphatic heterocycles. The summed E-state index contributed by atoms with van der Waals surface area (Å²) in [6.07, 6.45) is 7.90. The average Bonchev–Trinajstić information content (AvgIpc) is 2.04. The molecule has 0 heteroatoms. The van der Waals surface area contributed by atoms with Crippen LogP contribution in [0.3, 0.4) is 0 Å². The molecular formula is C12H25. The molecule has 0 aliphatic carbocycles. The van der Waals surface area contributed by atoms with E-state index in [9.17, 15) is 0 Å². The molecule has 0 N–H and O–H groups in total. The van der Waals surface area contributed by atoms with Gasteiger partial charge in [-0.25, -0.2) is 0 Å². The van der Waals surface area contributed by atoms with Gasteiger partial charge < -0.3 is 0 Å². The average molecular weight is 169 g/mol. The fourth-order valence-electron chi connectivity index (χ4n) is 2.04. The van der Waals surface area contributed by atoms with Crippen LogP contribution in [0.15, 0.2) is 0 Å². The third-order valence-corrected chi connectivity index (χ3v) is 2.78. The van der Waals surface area contributed by atoms with Gasteiger partial charge in [0, 0.05) is 0 Å². The van der Waals surface area contributed by atoms with Crippen molar-refractivity contribution >= 4 is 0 Å². The summed E-state index contributed by atoms with van der Waals surface area (Å²) in [5, 5.41) is 0. The molecule has 0 bridgehead atoms. The highest BCUT2D eigenvalue weighted by molar-refractivity contribution is 4.66. The van der Waals surface area contributed by atoms with Crippen LogP contribution in [0.2, 0.25) is 0 Å². The Labute approximate surface area is 78.8 Å². The second-order valence-electron chi connectivity index (χ2n) is 3.96. The van der Waals surface area contributed by atoms with Gasteiger partial charge in [-0.2, -0.15) is 0 Å². The van der Waals surface area contributed by atoms with Crippen molar-refractivity contribution in [2.24, 2.45) is 11.8 Å². The topological polar surface area (TPSA) is 0 Å². The molecular weight excluding hydrogens is 144 g/mol. The quantitative estimate of drug-likeness (QED) is 0.528. The molecule has 0 amide bonds. The maximum atomic E-state index is 3.95. The molecule has 0 aromatic carbocycles. The van der Waals surface area contributed by atoms with Crippen LogP contribution in [0.1, 0.15) is 59.3 Å². The lowest BCUT2D eigenvalue weighted by molar-refractivity contribution is 0.296. The van der Waals surface area contributed by atoms with E-state index in [4.69, 9.17) is 0 Å². The van der Waals surface area contributed by atoms with Gasteiger partial charge >= 0.3 is 0 Å². The van der Waals surface area contributed by atoms with Gasteiger partial charge in [0.2, 0.25) is 0 Å². The molecule has 0 fully saturated rings. The standard InChI is InChI=1S/C12H25/c1-5-8-11(4)12(9-6-2)10-7-3/h11-12H,2,5-10H2,1,3-4H3. The zero-order valence-electron chi connectivity index (χ0n) is 9.10. The van der Waals surface area contributed by atoms with Crippen LogP contribution in [-0.2, 0) is 0 Å². The minimum Gasteiger partial charge on any atom is -0.0654 e. The van der Waals surface area contributed by atoms with E-state index in [1.807, 2.05) is 0 Å². The lowest BCUT2D eigenvalue weighted by Gasteiger charge is -2.22. The Kier molecular flexibility index (Phi) is 7.64. The van der Waals surface area contributed by atoms with E-state index in [2.05, 4.69) is 27.7 Å². The van der Waals surface area contributed by atoms with E-state index >= 15 is 0 Å². The highest BCUT2D eigenvalue weighted by Gasteiger charge is 2.13. The van der Waals surface area contributed by atoms with Gasteiger partial charge in [0.05, 0.1) is 0 Å². The van der Waals surface area contributed by atoms with Gasteiger partial charge in [0.1, 0.15) is 0 Å². The van der Waals surface area contributed by atoms with Crippen LogP contribution in [0, 0.1) is 18.8 Å². The first-order chi connectivity index (χ1) is 5.76. The van der Waals surface area contributed by atoms with Crippen LogP contribution >= 0.6 is 0 Å². The van der Waals surface area contributed by atoms with E-state index in [1.54, 1.807) is 0 Å². The Morgan fingerprint density at radius 1 is 1.00 bits per heavy atom. The number of hydrogen-bond acceptors (Lipinski definition) is 0. The second-order valence-corrected chi connectivity index (χ2v) is 3.96. The third-order valence-electron chi connectivity index (χ3n) is 2.78. The van der Waals surface area contributed by atoms with E-state index < -0.39 is 0 Å². The lowest BCUT2D eigenvalue weighted by Crippen LogP contribution is -2.11. The van der Waals surface area contributed by atoms with Crippen LogP contribution in [0.25, 0.3) is 0 Å². The van der Waals surface area contributed by atoms with E-state index in [0.29, 0.717) is 0 Å². The van der Waals surface area contributed by atoms with Gasteiger partial charge in [0.15, 0.2) is 0 Å². The van der Waals surface area contributed by atoms with Crippen molar-refractivity contribution in [2.45, 2.75) is 59.3 Å². The van der Waals surface area contributed by atoms with Crippen molar-refractivity contribution in [3.63, 3.8) is 0 Å².